The van der Waals surface area contributed by atoms with E-state index in [2.05, 4.69) is 29.3 Å². The van der Waals surface area contributed by atoms with Crippen molar-refractivity contribution >= 4 is 22.4 Å². The first-order valence-corrected chi connectivity index (χ1v) is 8.32. The highest BCUT2D eigenvalue weighted by molar-refractivity contribution is 7.14. The fourth-order valence-corrected chi connectivity index (χ4v) is 2.91. The van der Waals surface area contributed by atoms with Crippen molar-refractivity contribution in [3.05, 3.63) is 47.2 Å². The molecule has 0 unspecified atom stereocenters. The summed E-state index contributed by atoms with van der Waals surface area (Å²) in [5.74, 6) is 0.845. The van der Waals surface area contributed by atoms with Gasteiger partial charge in [-0.15, -0.1) is 11.3 Å². The van der Waals surface area contributed by atoms with Gasteiger partial charge in [0.15, 0.2) is 5.13 Å². The minimum absolute atomic E-state index is 0.141. The predicted molar refractivity (Wildman–Crippen MR) is 92.6 cm³/mol. The molecule has 6 nitrogen and oxygen atoms in total. The zero-order chi connectivity index (χ0) is 17.1. The quantitative estimate of drug-likeness (QED) is 0.752. The van der Waals surface area contributed by atoms with E-state index in [9.17, 15) is 4.79 Å². The number of methoxy groups -OCH3 is 1. The van der Waals surface area contributed by atoms with Crippen molar-refractivity contribution in [3.8, 4) is 17.0 Å². The van der Waals surface area contributed by atoms with E-state index in [0.29, 0.717) is 16.7 Å². The summed E-state index contributed by atoms with van der Waals surface area (Å²) in [6, 6.07) is 8.97. The number of rotatable bonds is 5. The Balaban J connectivity index is 1.72. The van der Waals surface area contributed by atoms with Crippen LogP contribution >= 0.6 is 11.3 Å². The van der Waals surface area contributed by atoms with Gasteiger partial charge >= 0.3 is 0 Å². The lowest BCUT2D eigenvalue weighted by molar-refractivity contribution is 0.0988. The van der Waals surface area contributed by atoms with E-state index in [4.69, 9.17) is 9.26 Å². The summed E-state index contributed by atoms with van der Waals surface area (Å²) in [6.07, 6.45) is 0. The monoisotopic (exact) mass is 343 g/mol. The zero-order valence-electron chi connectivity index (χ0n) is 13.6. The smallest absolute Gasteiger partial charge is 0.296 e. The molecule has 3 rings (SSSR count). The Morgan fingerprint density at radius 1 is 1.29 bits per heavy atom. The van der Waals surface area contributed by atoms with E-state index in [1.807, 2.05) is 29.6 Å². The van der Waals surface area contributed by atoms with Crippen molar-refractivity contribution in [1.29, 1.82) is 0 Å². The number of ether oxygens (including phenoxy) is 1. The third kappa shape index (κ3) is 3.46. The number of nitrogens with zero attached hydrogens (tertiary/aromatic N) is 2. The van der Waals surface area contributed by atoms with Crippen molar-refractivity contribution in [2.45, 2.75) is 19.8 Å². The van der Waals surface area contributed by atoms with Gasteiger partial charge < -0.3 is 9.26 Å². The molecule has 0 saturated carbocycles. The zero-order valence-corrected chi connectivity index (χ0v) is 14.4. The number of hydrogen-bond donors (Lipinski definition) is 1. The Hall–Kier alpha value is -2.67. The first-order chi connectivity index (χ1) is 11.6. The van der Waals surface area contributed by atoms with Gasteiger partial charge in [-0.05, 0) is 30.2 Å². The topological polar surface area (TPSA) is 77.2 Å². The van der Waals surface area contributed by atoms with Crippen molar-refractivity contribution in [2.75, 3.05) is 12.4 Å². The van der Waals surface area contributed by atoms with Gasteiger partial charge in [0.25, 0.3) is 5.91 Å². The molecule has 0 bridgehead atoms. The number of benzene rings is 1. The highest BCUT2D eigenvalue weighted by Gasteiger charge is 2.16. The average Bonchev–Trinajstić information content (AvgIpc) is 3.24. The SMILES string of the molecule is COc1ccc(-c2cc(C(=O)Nc3nc(C(C)C)cs3)on2)cc1. The maximum absolute atomic E-state index is 12.2. The predicted octanol–water partition coefficient (Wildman–Crippen LogP) is 4.18. The summed E-state index contributed by atoms with van der Waals surface area (Å²) < 4.78 is 10.3. The van der Waals surface area contributed by atoms with Crippen LogP contribution in [0.5, 0.6) is 5.75 Å². The summed E-state index contributed by atoms with van der Waals surface area (Å²) in [5.41, 5.74) is 2.38. The highest BCUT2D eigenvalue weighted by atomic mass is 32.1. The number of anilines is 1. The number of nitrogens with one attached hydrogen (secondary N) is 1. The van der Waals surface area contributed by atoms with Crippen LogP contribution in [0, 0.1) is 0 Å². The number of aromatic nitrogens is 2. The molecule has 0 spiro atoms. The average molecular weight is 343 g/mol. The van der Waals surface area contributed by atoms with Gasteiger partial charge in [-0.2, -0.15) is 0 Å². The summed E-state index contributed by atoms with van der Waals surface area (Å²) in [4.78, 5) is 16.6. The summed E-state index contributed by atoms with van der Waals surface area (Å²) >= 11 is 1.39. The maximum Gasteiger partial charge on any atom is 0.296 e. The number of carbonyl (C=O) groups is 1. The second-order valence-electron chi connectivity index (χ2n) is 5.49. The largest absolute Gasteiger partial charge is 0.497 e. The van der Waals surface area contributed by atoms with Crippen molar-refractivity contribution in [1.82, 2.24) is 10.1 Å². The van der Waals surface area contributed by atoms with Crippen LogP contribution in [0.3, 0.4) is 0 Å². The summed E-state index contributed by atoms with van der Waals surface area (Å²) in [7, 11) is 1.61. The van der Waals surface area contributed by atoms with Gasteiger partial charge in [-0.25, -0.2) is 4.98 Å². The summed E-state index contributed by atoms with van der Waals surface area (Å²) in [6.45, 7) is 4.11. The molecule has 0 aliphatic carbocycles. The normalized spacial score (nSPS) is 10.8. The Morgan fingerprint density at radius 2 is 2.04 bits per heavy atom. The first kappa shape index (κ1) is 16.2. The Morgan fingerprint density at radius 3 is 2.67 bits per heavy atom. The van der Waals surface area contributed by atoms with Crippen molar-refractivity contribution < 1.29 is 14.1 Å². The van der Waals surface area contributed by atoms with Crippen LogP contribution in [0.25, 0.3) is 11.3 Å². The number of amides is 1. The van der Waals surface area contributed by atoms with Gasteiger partial charge in [-0.3, -0.25) is 10.1 Å². The fraction of sp³-hybridized carbons (Fsp3) is 0.235. The van der Waals surface area contributed by atoms with Crippen LogP contribution in [0.1, 0.15) is 36.0 Å². The van der Waals surface area contributed by atoms with Crippen LogP contribution in [-0.4, -0.2) is 23.2 Å². The molecule has 1 N–H and O–H groups in total. The molecule has 2 aromatic heterocycles. The van der Waals surface area contributed by atoms with E-state index < -0.39 is 0 Å². The van der Waals surface area contributed by atoms with Crippen LogP contribution in [0.4, 0.5) is 5.13 Å². The van der Waals surface area contributed by atoms with Gasteiger partial charge in [0, 0.05) is 17.0 Å². The van der Waals surface area contributed by atoms with E-state index >= 15 is 0 Å². The minimum Gasteiger partial charge on any atom is -0.497 e. The first-order valence-electron chi connectivity index (χ1n) is 7.44. The van der Waals surface area contributed by atoms with E-state index in [0.717, 1.165) is 17.0 Å². The fourth-order valence-electron chi connectivity index (χ4n) is 2.05. The summed E-state index contributed by atoms with van der Waals surface area (Å²) in [5, 5.41) is 9.16. The lowest BCUT2D eigenvalue weighted by Crippen LogP contribution is -2.10. The van der Waals surface area contributed by atoms with E-state index in [1.165, 1.54) is 11.3 Å². The molecule has 124 valence electrons. The Labute approximate surface area is 143 Å². The second-order valence-corrected chi connectivity index (χ2v) is 6.35. The molecule has 0 fully saturated rings. The molecule has 1 aromatic carbocycles. The number of thiazole rings is 1. The third-order valence-electron chi connectivity index (χ3n) is 3.45. The molecule has 0 radical (unpaired) electrons. The highest BCUT2D eigenvalue weighted by Crippen LogP contribution is 2.24. The number of hydrogen-bond acceptors (Lipinski definition) is 6. The number of carbonyl (C=O) groups excluding carboxylic acids is 1. The standard InChI is InChI=1S/C17H17N3O3S/c1-10(2)14-9-24-17(18-14)19-16(21)15-8-13(20-23-15)11-4-6-12(22-3)7-5-11/h4-10H,1-3H3,(H,18,19,21). The van der Waals surface area contributed by atoms with Crippen LogP contribution in [0.2, 0.25) is 0 Å². The van der Waals surface area contributed by atoms with E-state index in [-0.39, 0.29) is 11.7 Å². The molecule has 0 atom stereocenters. The second kappa shape index (κ2) is 6.84. The molecule has 24 heavy (non-hydrogen) atoms. The van der Waals surface area contributed by atoms with Crippen molar-refractivity contribution in [2.24, 2.45) is 0 Å². The molecule has 7 heteroatoms. The Kier molecular flexibility index (Phi) is 4.61. The molecule has 2 heterocycles. The van der Waals surface area contributed by atoms with Crippen LogP contribution in [-0.2, 0) is 0 Å². The third-order valence-corrected chi connectivity index (χ3v) is 4.23. The lowest BCUT2D eigenvalue weighted by Gasteiger charge is -1.99. The molecule has 3 aromatic rings. The van der Waals surface area contributed by atoms with Gasteiger partial charge in [0.05, 0.1) is 12.8 Å². The molecule has 0 aliphatic rings. The molecule has 0 saturated heterocycles. The minimum atomic E-state index is -0.369. The molecule has 1 amide bonds. The molecular weight excluding hydrogens is 326 g/mol. The van der Waals surface area contributed by atoms with Crippen molar-refractivity contribution in [3.63, 3.8) is 0 Å². The van der Waals surface area contributed by atoms with E-state index in [1.54, 1.807) is 13.2 Å². The molecular formula is C17H17N3O3S. The van der Waals surface area contributed by atoms with Crippen LogP contribution < -0.4 is 10.1 Å². The van der Waals surface area contributed by atoms with Gasteiger partial charge in [-0.1, -0.05) is 19.0 Å². The maximum atomic E-state index is 12.2. The van der Waals surface area contributed by atoms with Gasteiger partial charge in [0.1, 0.15) is 11.4 Å². The Bertz CT molecular complexity index is 837. The van der Waals surface area contributed by atoms with Crippen LogP contribution in [0.15, 0.2) is 40.2 Å². The van der Waals surface area contributed by atoms with Gasteiger partial charge in [0.2, 0.25) is 5.76 Å². The lowest BCUT2D eigenvalue weighted by atomic mass is 10.1. The molecule has 0 aliphatic heterocycles.